The Morgan fingerprint density at radius 2 is 0.659 bits per heavy atom. The van der Waals surface area contributed by atoms with Crippen molar-refractivity contribution in [2.24, 2.45) is 5.41 Å². The van der Waals surface area contributed by atoms with Crippen LogP contribution in [0, 0.1) is 5.41 Å². The second-order valence-electron chi connectivity index (χ2n) is 13.8. The largest absolute Gasteiger partial charge is 0.381 e. The molecule has 0 aromatic carbocycles. The zero-order chi connectivity index (χ0) is 30.4. The van der Waals surface area contributed by atoms with Crippen molar-refractivity contribution in [3.63, 3.8) is 0 Å². The zero-order valence-electron chi connectivity index (χ0n) is 29.6. The Labute approximate surface area is 260 Å². The van der Waals surface area contributed by atoms with Gasteiger partial charge in [-0.1, -0.05) is 162 Å². The molecule has 0 aromatic heterocycles. The van der Waals surface area contributed by atoms with E-state index < -0.39 is 0 Å². The van der Waals surface area contributed by atoms with Gasteiger partial charge in [0, 0.05) is 18.6 Å². The summed E-state index contributed by atoms with van der Waals surface area (Å²) in [4.78, 5) is 4.64. The molecule has 0 aliphatic heterocycles. The van der Waals surface area contributed by atoms with E-state index in [2.05, 4.69) is 58.8 Å². The van der Waals surface area contributed by atoms with Gasteiger partial charge < -0.3 is 9.47 Å². The van der Waals surface area contributed by atoms with Crippen LogP contribution in [0.15, 0.2) is 0 Å². The predicted molar refractivity (Wildman–Crippen MR) is 183 cm³/mol. The highest BCUT2D eigenvalue weighted by Crippen LogP contribution is 2.28. The van der Waals surface area contributed by atoms with Crippen LogP contribution >= 0.6 is 0 Å². The highest BCUT2D eigenvalue weighted by molar-refractivity contribution is 4.86. The number of unbranched alkanes of at least 4 members (excludes halogenated alkanes) is 22. The highest BCUT2D eigenvalue weighted by atomic mass is 16.5. The van der Waals surface area contributed by atoms with E-state index in [1.54, 1.807) is 0 Å². The van der Waals surface area contributed by atoms with Crippen LogP contribution in [0.4, 0.5) is 0 Å². The van der Waals surface area contributed by atoms with E-state index >= 15 is 0 Å². The summed E-state index contributed by atoms with van der Waals surface area (Å²) in [5, 5.41) is 0. The van der Waals surface area contributed by atoms with Crippen LogP contribution < -0.4 is 0 Å². The Hall–Kier alpha value is -0.160. The van der Waals surface area contributed by atoms with Gasteiger partial charge in [-0.05, 0) is 41.0 Å². The van der Waals surface area contributed by atoms with Crippen molar-refractivity contribution in [2.75, 3.05) is 54.6 Å². The van der Waals surface area contributed by atoms with Crippen LogP contribution in [0.5, 0.6) is 0 Å². The van der Waals surface area contributed by atoms with Crippen LogP contribution in [0.1, 0.15) is 175 Å². The van der Waals surface area contributed by atoms with Gasteiger partial charge in [-0.25, -0.2) is 0 Å². The Morgan fingerprint density at radius 3 is 0.902 bits per heavy atom. The highest BCUT2D eigenvalue weighted by Gasteiger charge is 2.38. The van der Waals surface area contributed by atoms with Gasteiger partial charge in [-0.15, -0.1) is 0 Å². The molecule has 0 fully saturated rings. The molecule has 0 N–H and O–H groups in total. The Morgan fingerprint density at radius 1 is 0.415 bits per heavy atom. The smallest absolute Gasteiger partial charge is 0.0712 e. The lowest BCUT2D eigenvalue weighted by molar-refractivity contribution is -0.0929. The first-order valence-electron chi connectivity index (χ1n) is 18.4. The summed E-state index contributed by atoms with van der Waals surface area (Å²) in [6.45, 7) is 10.2. The van der Waals surface area contributed by atoms with Crippen LogP contribution in [-0.2, 0) is 9.47 Å². The lowest BCUT2D eigenvalue weighted by atomic mass is 9.87. The average molecular weight is 583 g/mol. The third-order valence-corrected chi connectivity index (χ3v) is 8.75. The van der Waals surface area contributed by atoms with Crippen molar-refractivity contribution in [3.05, 3.63) is 0 Å². The van der Waals surface area contributed by atoms with Gasteiger partial charge in [0.25, 0.3) is 0 Å². The molecule has 0 radical (unpaired) electrons. The fourth-order valence-electron chi connectivity index (χ4n) is 6.60. The second-order valence-corrected chi connectivity index (χ2v) is 13.8. The molecule has 0 heterocycles. The molecule has 4 heteroatoms. The van der Waals surface area contributed by atoms with Gasteiger partial charge >= 0.3 is 0 Å². The quantitative estimate of drug-likeness (QED) is 0.0567. The molecule has 0 aliphatic rings. The number of nitrogens with zero attached hydrogens (tertiary/aromatic N) is 2. The van der Waals surface area contributed by atoms with E-state index in [0.717, 1.165) is 26.4 Å². The summed E-state index contributed by atoms with van der Waals surface area (Å²) in [7, 11) is 8.72. The third kappa shape index (κ3) is 24.9. The normalized spacial score (nSPS) is 12.4. The van der Waals surface area contributed by atoms with Crippen molar-refractivity contribution in [1.82, 2.24) is 9.80 Å². The van der Waals surface area contributed by atoms with Crippen molar-refractivity contribution in [1.29, 1.82) is 0 Å². The van der Waals surface area contributed by atoms with Crippen molar-refractivity contribution in [3.8, 4) is 0 Å². The molecule has 248 valence electrons. The maximum absolute atomic E-state index is 6.31. The van der Waals surface area contributed by atoms with Gasteiger partial charge in [0.1, 0.15) is 0 Å². The fourth-order valence-corrected chi connectivity index (χ4v) is 6.60. The molecule has 41 heavy (non-hydrogen) atoms. The minimum Gasteiger partial charge on any atom is -0.381 e. The van der Waals surface area contributed by atoms with E-state index in [9.17, 15) is 0 Å². The number of ether oxygens (including phenoxy) is 2. The molecule has 0 spiro atoms. The molecule has 0 atom stereocenters. The van der Waals surface area contributed by atoms with E-state index in [4.69, 9.17) is 9.47 Å². The third-order valence-electron chi connectivity index (χ3n) is 8.75. The average Bonchev–Trinajstić information content (AvgIpc) is 2.93. The standard InChI is InChI=1S/C37H78N2O2/c1-8-10-12-14-16-18-20-22-24-26-28-30-32-40-34-37(3,36(38(4)5)39(6)7)35-41-33-31-29-27-25-23-21-19-17-15-13-11-9-2/h36H,8-35H2,1-7H3. The van der Waals surface area contributed by atoms with E-state index in [1.165, 1.54) is 154 Å². The second kappa shape index (κ2) is 29.9. The molecule has 0 amide bonds. The first-order chi connectivity index (χ1) is 19.9. The zero-order valence-corrected chi connectivity index (χ0v) is 29.6. The summed E-state index contributed by atoms with van der Waals surface area (Å²) in [6.07, 6.45) is 33.5. The van der Waals surface area contributed by atoms with E-state index in [0.29, 0.717) is 0 Å². The molecular weight excluding hydrogens is 504 g/mol. The first-order valence-corrected chi connectivity index (χ1v) is 18.4. The topological polar surface area (TPSA) is 24.9 Å². The fraction of sp³-hybridized carbons (Fsp3) is 1.00. The SMILES string of the molecule is CCCCCCCCCCCCCCOCC(C)(COCCCCCCCCCCCCCC)C(N(C)C)N(C)C. The predicted octanol–water partition coefficient (Wildman–Crippen LogP) is 10.9. The molecule has 0 bridgehead atoms. The maximum Gasteiger partial charge on any atom is 0.0712 e. The lowest BCUT2D eigenvalue weighted by Gasteiger charge is -2.44. The van der Waals surface area contributed by atoms with Gasteiger partial charge in [-0.3, -0.25) is 9.80 Å². The summed E-state index contributed by atoms with van der Waals surface area (Å²) >= 11 is 0. The molecule has 0 aromatic rings. The van der Waals surface area contributed by atoms with Gasteiger partial charge in [-0.2, -0.15) is 0 Å². The Bertz CT molecular complexity index is 471. The minimum atomic E-state index is -0.0543. The maximum atomic E-state index is 6.31. The monoisotopic (exact) mass is 583 g/mol. The minimum absolute atomic E-state index is 0.0543. The summed E-state index contributed by atoms with van der Waals surface area (Å²) in [5.41, 5.74) is -0.0543. The van der Waals surface area contributed by atoms with Crippen molar-refractivity contribution in [2.45, 2.75) is 181 Å². The molecule has 0 unspecified atom stereocenters. The number of hydrogen-bond donors (Lipinski definition) is 0. The van der Waals surface area contributed by atoms with Crippen LogP contribution in [0.3, 0.4) is 0 Å². The molecule has 4 nitrogen and oxygen atoms in total. The molecule has 0 saturated carbocycles. The van der Waals surface area contributed by atoms with Crippen molar-refractivity contribution >= 4 is 0 Å². The first kappa shape index (κ1) is 40.8. The van der Waals surface area contributed by atoms with E-state index in [-0.39, 0.29) is 11.6 Å². The van der Waals surface area contributed by atoms with Gasteiger partial charge in [0.15, 0.2) is 0 Å². The number of hydrogen-bond acceptors (Lipinski definition) is 4. The Kier molecular flexibility index (Phi) is 29.8. The van der Waals surface area contributed by atoms with Crippen LogP contribution in [0.25, 0.3) is 0 Å². The van der Waals surface area contributed by atoms with Crippen LogP contribution in [0.2, 0.25) is 0 Å². The van der Waals surface area contributed by atoms with Gasteiger partial charge in [0.2, 0.25) is 0 Å². The lowest BCUT2D eigenvalue weighted by Crippen LogP contribution is -2.55. The summed E-state index contributed by atoms with van der Waals surface area (Å²) < 4.78 is 12.6. The molecule has 0 rings (SSSR count). The molecule has 0 saturated heterocycles. The molecular formula is C37H78N2O2. The molecule has 0 aliphatic carbocycles. The van der Waals surface area contributed by atoms with Crippen molar-refractivity contribution < 1.29 is 9.47 Å². The Balaban J connectivity index is 4.04. The number of rotatable bonds is 33. The van der Waals surface area contributed by atoms with Crippen LogP contribution in [-0.4, -0.2) is 70.6 Å². The van der Waals surface area contributed by atoms with E-state index in [1.807, 2.05) is 0 Å². The summed E-state index contributed by atoms with van der Waals surface area (Å²) in [6, 6.07) is 0. The van der Waals surface area contributed by atoms with Gasteiger partial charge in [0.05, 0.1) is 19.4 Å². The summed E-state index contributed by atoms with van der Waals surface area (Å²) in [5.74, 6) is 0.